The molecule has 2 rings (SSSR count). The summed E-state index contributed by atoms with van der Waals surface area (Å²) in [6.45, 7) is 1.43. The molecule has 2 aromatic carbocycles. The summed E-state index contributed by atoms with van der Waals surface area (Å²) in [5.74, 6) is 0.0604. The first-order valence-corrected chi connectivity index (χ1v) is 4.94. The number of Topliss-reactive ketones (excluding diaryl/α,β-unsaturated/α-hetero) is 1. The van der Waals surface area contributed by atoms with Crippen molar-refractivity contribution < 1.29 is 14.6 Å². The molecule has 82 valence electrons. The highest BCUT2D eigenvalue weighted by molar-refractivity contribution is 6.10. The number of carbonyl (C=O) groups is 1. The van der Waals surface area contributed by atoms with Gasteiger partial charge in [-0.3, -0.25) is 4.79 Å². The van der Waals surface area contributed by atoms with E-state index >= 15 is 0 Å². The van der Waals surface area contributed by atoms with E-state index in [0.717, 1.165) is 10.8 Å². The van der Waals surface area contributed by atoms with Gasteiger partial charge >= 0.3 is 0 Å². The topological polar surface area (TPSA) is 46.5 Å². The molecule has 0 aromatic heterocycles. The van der Waals surface area contributed by atoms with Crippen LogP contribution in [0.2, 0.25) is 0 Å². The second kappa shape index (κ2) is 3.85. The summed E-state index contributed by atoms with van der Waals surface area (Å²) in [7, 11) is 1.47. The van der Waals surface area contributed by atoms with Crippen LogP contribution >= 0.6 is 0 Å². The third-order valence-electron chi connectivity index (χ3n) is 2.56. The zero-order valence-corrected chi connectivity index (χ0v) is 9.15. The molecule has 0 saturated heterocycles. The van der Waals surface area contributed by atoms with Gasteiger partial charge in [-0.1, -0.05) is 24.3 Å². The Morgan fingerprint density at radius 3 is 2.62 bits per heavy atom. The average Bonchev–Trinajstić information content (AvgIpc) is 2.27. The first-order chi connectivity index (χ1) is 7.65. The first-order valence-electron chi connectivity index (χ1n) is 4.94. The average molecular weight is 216 g/mol. The molecular formula is C13H12O3. The third kappa shape index (κ3) is 1.50. The van der Waals surface area contributed by atoms with Crippen molar-refractivity contribution in [2.45, 2.75) is 6.92 Å². The lowest BCUT2D eigenvalue weighted by Crippen LogP contribution is -1.97. The van der Waals surface area contributed by atoms with Crippen molar-refractivity contribution in [1.29, 1.82) is 0 Å². The number of carbonyl (C=O) groups excluding carboxylic acids is 1. The number of ether oxygens (including phenoxy) is 1. The summed E-state index contributed by atoms with van der Waals surface area (Å²) in [5.41, 5.74) is 0.315. The largest absolute Gasteiger partial charge is 0.504 e. The van der Waals surface area contributed by atoms with Crippen LogP contribution in [0.3, 0.4) is 0 Å². The molecule has 0 unspecified atom stereocenters. The van der Waals surface area contributed by atoms with Crippen LogP contribution in [0, 0.1) is 0 Å². The zero-order chi connectivity index (χ0) is 11.7. The normalized spacial score (nSPS) is 10.4. The molecule has 0 radical (unpaired) electrons. The number of hydrogen-bond donors (Lipinski definition) is 1. The molecule has 0 bridgehead atoms. The highest BCUT2D eigenvalue weighted by Gasteiger charge is 2.16. The molecule has 16 heavy (non-hydrogen) atoms. The van der Waals surface area contributed by atoms with E-state index in [2.05, 4.69) is 0 Å². The Balaban J connectivity index is 2.91. The van der Waals surface area contributed by atoms with Crippen molar-refractivity contribution in [3.8, 4) is 11.5 Å². The number of ketones is 1. The van der Waals surface area contributed by atoms with Crippen molar-refractivity contribution in [1.82, 2.24) is 0 Å². The van der Waals surface area contributed by atoms with Gasteiger partial charge in [-0.25, -0.2) is 0 Å². The van der Waals surface area contributed by atoms with Gasteiger partial charge in [0.1, 0.15) is 0 Å². The molecule has 0 amide bonds. The van der Waals surface area contributed by atoms with Crippen LogP contribution in [0.5, 0.6) is 11.5 Å². The van der Waals surface area contributed by atoms with Gasteiger partial charge in [0, 0.05) is 0 Å². The molecule has 0 atom stereocenters. The van der Waals surface area contributed by atoms with Crippen molar-refractivity contribution >= 4 is 16.6 Å². The van der Waals surface area contributed by atoms with Crippen LogP contribution in [0.1, 0.15) is 17.3 Å². The molecule has 0 aliphatic rings. The van der Waals surface area contributed by atoms with Gasteiger partial charge in [0.05, 0.1) is 12.7 Å². The molecule has 0 aliphatic heterocycles. The Kier molecular flexibility index (Phi) is 2.52. The van der Waals surface area contributed by atoms with Crippen molar-refractivity contribution in [2.24, 2.45) is 0 Å². The molecule has 0 heterocycles. The van der Waals surface area contributed by atoms with E-state index in [1.807, 2.05) is 24.3 Å². The SMILES string of the molecule is COc1cc2ccccc2c(C(C)=O)c1O. The van der Waals surface area contributed by atoms with Crippen LogP contribution < -0.4 is 4.74 Å². The fourth-order valence-electron chi connectivity index (χ4n) is 1.82. The standard InChI is InChI=1S/C13H12O3/c1-8(14)12-10-6-4-3-5-9(10)7-11(16-2)13(12)15/h3-7,15H,1-2H3. The summed E-state index contributed by atoms with van der Waals surface area (Å²) in [5, 5.41) is 11.5. The van der Waals surface area contributed by atoms with Gasteiger partial charge in [0.25, 0.3) is 0 Å². The minimum Gasteiger partial charge on any atom is -0.504 e. The number of phenols is 1. The van der Waals surface area contributed by atoms with Gasteiger partial charge in [0.2, 0.25) is 0 Å². The highest BCUT2D eigenvalue weighted by Crippen LogP contribution is 2.36. The van der Waals surface area contributed by atoms with E-state index in [0.29, 0.717) is 11.3 Å². The van der Waals surface area contributed by atoms with E-state index in [-0.39, 0.29) is 11.5 Å². The fraction of sp³-hybridized carbons (Fsp3) is 0.154. The number of benzene rings is 2. The van der Waals surface area contributed by atoms with Crippen LogP contribution in [0.15, 0.2) is 30.3 Å². The highest BCUT2D eigenvalue weighted by atomic mass is 16.5. The van der Waals surface area contributed by atoms with E-state index in [4.69, 9.17) is 4.74 Å². The second-order valence-corrected chi connectivity index (χ2v) is 3.58. The van der Waals surface area contributed by atoms with Crippen LogP contribution in [-0.2, 0) is 0 Å². The molecule has 3 heteroatoms. The Morgan fingerprint density at radius 1 is 1.31 bits per heavy atom. The number of phenolic OH excluding ortho intramolecular Hbond substituents is 1. The monoisotopic (exact) mass is 216 g/mol. The number of fused-ring (bicyclic) bond motifs is 1. The minimum absolute atomic E-state index is 0.0892. The molecular weight excluding hydrogens is 204 g/mol. The van der Waals surface area contributed by atoms with Crippen LogP contribution in [0.25, 0.3) is 10.8 Å². The van der Waals surface area contributed by atoms with Crippen LogP contribution in [-0.4, -0.2) is 18.0 Å². The van der Waals surface area contributed by atoms with E-state index < -0.39 is 0 Å². The number of aromatic hydroxyl groups is 1. The summed E-state index contributed by atoms with van der Waals surface area (Å²) in [6.07, 6.45) is 0. The predicted molar refractivity (Wildman–Crippen MR) is 62.2 cm³/mol. The van der Waals surface area contributed by atoms with Gasteiger partial charge in [-0.05, 0) is 23.8 Å². The van der Waals surface area contributed by atoms with E-state index in [1.54, 1.807) is 6.07 Å². The lowest BCUT2D eigenvalue weighted by Gasteiger charge is -2.10. The van der Waals surface area contributed by atoms with Gasteiger partial charge in [0.15, 0.2) is 17.3 Å². The molecule has 0 spiro atoms. The summed E-state index contributed by atoms with van der Waals surface area (Å²) < 4.78 is 5.04. The summed E-state index contributed by atoms with van der Waals surface area (Å²) >= 11 is 0. The molecule has 0 fully saturated rings. The summed E-state index contributed by atoms with van der Waals surface area (Å²) in [6, 6.07) is 9.12. The van der Waals surface area contributed by atoms with Crippen molar-refractivity contribution in [2.75, 3.05) is 7.11 Å². The van der Waals surface area contributed by atoms with Gasteiger partial charge in [-0.15, -0.1) is 0 Å². The maximum Gasteiger partial charge on any atom is 0.169 e. The molecule has 3 nitrogen and oxygen atoms in total. The Hall–Kier alpha value is -2.03. The predicted octanol–water partition coefficient (Wildman–Crippen LogP) is 2.76. The number of hydrogen-bond acceptors (Lipinski definition) is 3. The number of rotatable bonds is 2. The van der Waals surface area contributed by atoms with E-state index in [9.17, 15) is 9.90 Å². The first kappa shape index (κ1) is 10.5. The Morgan fingerprint density at radius 2 is 2.00 bits per heavy atom. The Bertz CT molecular complexity index is 558. The lowest BCUT2D eigenvalue weighted by atomic mass is 10.0. The summed E-state index contributed by atoms with van der Waals surface area (Å²) in [4.78, 5) is 11.5. The molecule has 0 aliphatic carbocycles. The third-order valence-corrected chi connectivity index (χ3v) is 2.56. The smallest absolute Gasteiger partial charge is 0.169 e. The fourth-order valence-corrected chi connectivity index (χ4v) is 1.82. The van der Waals surface area contributed by atoms with Crippen LogP contribution in [0.4, 0.5) is 0 Å². The lowest BCUT2D eigenvalue weighted by molar-refractivity contribution is 0.101. The quantitative estimate of drug-likeness (QED) is 0.785. The molecule has 1 N–H and O–H groups in total. The maximum absolute atomic E-state index is 11.5. The zero-order valence-electron chi connectivity index (χ0n) is 9.15. The maximum atomic E-state index is 11.5. The van der Waals surface area contributed by atoms with E-state index in [1.165, 1.54) is 14.0 Å². The van der Waals surface area contributed by atoms with Gasteiger partial charge < -0.3 is 9.84 Å². The van der Waals surface area contributed by atoms with Crippen molar-refractivity contribution in [3.63, 3.8) is 0 Å². The second-order valence-electron chi connectivity index (χ2n) is 3.58. The van der Waals surface area contributed by atoms with Crippen molar-refractivity contribution in [3.05, 3.63) is 35.9 Å². The molecule has 0 saturated carbocycles. The number of methoxy groups -OCH3 is 1. The van der Waals surface area contributed by atoms with Gasteiger partial charge in [-0.2, -0.15) is 0 Å². The minimum atomic E-state index is -0.174. The Labute approximate surface area is 93.3 Å². The molecule has 2 aromatic rings.